The van der Waals surface area contributed by atoms with Crippen LogP contribution in [0, 0.1) is 23.2 Å². The minimum Gasteiger partial charge on any atom is -0.292 e. The molecule has 3 nitrogen and oxygen atoms in total. The van der Waals surface area contributed by atoms with Crippen molar-refractivity contribution in [1.82, 2.24) is 0 Å². The van der Waals surface area contributed by atoms with Crippen LogP contribution in [-0.4, -0.2) is 22.3 Å². The number of hydrogen-bond acceptors (Lipinski definition) is 3. The second-order valence-corrected chi connectivity index (χ2v) is 13.3. The topological polar surface area (TPSA) is 46.5 Å². The molecule has 1 aliphatic carbocycles. The molecular formula is C31H36Cl3NO2. The van der Waals surface area contributed by atoms with E-state index in [1.807, 2.05) is 12.1 Å². The molecule has 1 saturated carbocycles. The molecule has 0 saturated heterocycles. The summed E-state index contributed by atoms with van der Waals surface area (Å²) in [6.45, 7) is 11.4. The second-order valence-electron chi connectivity index (χ2n) is 12.1. The third-order valence-electron chi connectivity index (χ3n) is 9.03. The van der Waals surface area contributed by atoms with Crippen molar-refractivity contribution in [1.29, 1.82) is 0 Å². The van der Waals surface area contributed by atoms with Gasteiger partial charge in [-0.05, 0) is 102 Å². The molecule has 1 aliphatic heterocycles. The molecule has 6 heteroatoms. The van der Waals surface area contributed by atoms with Crippen LogP contribution in [0.1, 0.15) is 94.1 Å². The summed E-state index contributed by atoms with van der Waals surface area (Å²) in [4.78, 5) is 30.8. The summed E-state index contributed by atoms with van der Waals surface area (Å²) in [6, 6.07) is 12.7. The molecule has 37 heavy (non-hydrogen) atoms. The fourth-order valence-corrected chi connectivity index (χ4v) is 7.17. The van der Waals surface area contributed by atoms with Crippen molar-refractivity contribution in [3.05, 3.63) is 69.2 Å². The molecule has 1 spiro atoms. The Kier molecular flexibility index (Phi) is 8.29. The van der Waals surface area contributed by atoms with E-state index in [4.69, 9.17) is 39.8 Å². The highest BCUT2D eigenvalue weighted by atomic mass is 35.5. The van der Waals surface area contributed by atoms with Crippen LogP contribution in [-0.2, 0) is 4.79 Å². The van der Waals surface area contributed by atoms with E-state index in [1.54, 1.807) is 30.3 Å². The second kappa shape index (κ2) is 10.8. The Balaban J connectivity index is 1.76. The van der Waals surface area contributed by atoms with E-state index in [-0.39, 0.29) is 34.5 Å². The molecule has 3 atom stereocenters. The summed E-state index contributed by atoms with van der Waals surface area (Å²) in [5, 5.41) is 0.532. The molecule has 0 amide bonds. The maximum absolute atomic E-state index is 13.8. The fraction of sp³-hybridized carbons (Fsp3) is 0.516. The highest BCUT2D eigenvalue weighted by Crippen LogP contribution is 2.51. The summed E-state index contributed by atoms with van der Waals surface area (Å²) >= 11 is 18.4. The first-order valence-electron chi connectivity index (χ1n) is 13.2. The molecule has 0 radical (unpaired) electrons. The van der Waals surface area contributed by atoms with Crippen LogP contribution in [0.3, 0.4) is 0 Å². The Labute approximate surface area is 236 Å². The van der Waals surface area contributed by atoms with Crippen molar-refractivity contribution in [3.63, 3.8) is 0 Å². The number of nitrogens with zero attached hydrogens (tertiary/aromatic N) is 1. The number of ketones is 1. The van der Waals surface area contributed by atoms with E-state index in [9.17, 15) is 9.59 Å². The molecule has 3 unspecified atom stereocenters. The van der Waals surface area contributed by atoms with Crippen molar-refractivity contribution >= 4 is 51.5 Å². The molecule has 198 valence electrons. The summed E-state index contributed by atoms with van der Waals surface area (Å²) in [5.41, 5.74) is 2.69. The predicted molar refractivity (Wildman–Crippen MR) is 154 cm³/mol. The lowest BCUT2D eigenvalue weighted by Gasteiger charge is -2.47. The molecule has 4 rings (SSSR count). The molecule has 2 aromatic carbocycles. The smallest absolute Gasteiger partial charge is 0.252 e. The Morgan fingerprint density at radius 1 is 1.03 bits per heavy atom. The number of hydrogen-bond donors (Lipinski definition) is 0. The van der Waals surface area contributed by atoms with E-state index in [0.29, 0.717) is 39.2 Å². The van der Waals surface area contributed by atoms with Crippen molar-refractivity contribution in [3.8, 4) is 0 Å². The molecule has 0 bridgehead atoms. The van der Waals surface area contributed by atoms with Crippen LogP contribution in [0.15, 0.2) is 47.5 Å². The van der Waals surface area contributed by atoms with Gasteiger partial charge in [-0.1, -0.05) is 70.0 Å². The Morgan fingerprint density at radius 3 is 2.11 bits per heavy atom. The van der Waals surface area contributed by atoms with Crippen molar-refractivity contribution in [2.45, 2.75) is 78.2 Å². The zero-order valence-corrected chi connectivity index (χ0v) is 24.6. The number of halogens is 3. The van der Waals surface area contributed by atoms with Gasteiger partial charge in [0.15, 0.2) is 5.78 Å². The van der Waals surface area contributed by atoms with Crippen LogP contribution in [0.2, 0.25) is 10.0 Å². The zero-order valence-electron chi connectivity index (χ0n) is 22.3. The summed E-state index contributed by atoms with van der Waals surface area (Å²) in [5.74, 6) is 1.04. The summed E-state index contributed by atoms with van der Waals surface area (Å²) < 4.78 is 0. The van der Waals surface area contributed by atoms with Gasteiger partial charge in [0.25, 0.3) is 5.24 Å². The molecule has 2 aromatic rings. The summed E-state index contributed by atoms with van der Waals surface area (Å²) in [7, 11) is 0. The normalized spacial score (nSPS) is 27.5. The SMILES string of the molecule is CC(c1ccc(C(=O)Cl)cc1)C1CC(=O)C(c2cc(Cl)cc(Cl)c2)=NC2(CCC(C(C)(C)C)CC2)C1C. The van der Waals surface area contributed by atoms with Crippen LogP contribution < -0.4 is 0 Å². The molecule has 0 aromatic heterocycles. The van der Waals surface area contributed by atoms with Crippen LogP contribution in [0.25, 0.3) is 0 Å². The van der Waals surface area contributed by atoms with Gasteiger partial charge in [-0.15, -0.1) is 0 Å². The number of carbonyl (C=O) groups excluding carboxylic acids is 2. The van der Waals surface area contributed by atoms with Crippen LogP contribution >= 0.6 is 34.8 Å². The first-order valence-corrected chi connectivity index (χ1v) is 14.3. The number of benzene rings is 2. The monoisotopic (exact) mass is 559 g/mol. The minimum absolute atomic E-state index is 0.0319. The fourth-order valence-electron chi connectivity index (χ4n) is 6.51. The largest absolute Gasteiger partial charge is 0.292 e. The van der Waals surface area contributed by atoms with E-state index in [1.165, 1.54) is 0 Å². The van der Waals surface area contributed by atoms with E-state index in [0.717, 1.165) is 31.2 Å². The Bertz CT molecular complexity index is 1180. The van der Waals surface area contributed by atoms with Crippen LogP contribution in [0.4, 0.5) is 0 Å². The van der Waals surface area contributed by atoms with Gasteiger partial charge >= 0.3 is 0 Å². The lowest BCUT2D eigenvalue weighted by atomic mass is 9.60. The maximum atomic E-state index is 13.8. The highest BCUT2D eigenvalue weighted by molar-refractivity contribution is 6.67. The zero-order chi connectivity index (χ0) is 27.1. The highest BCUT2D eigenvalue weighted by Gasteiger charge is 2.48. The summed E-state index contributed by atoms with van der Waals surface area (Å²) in [6.07, 6.45) is 4.46. The first-order chi connectivity index (χ1) is 17.3. The Morgan fingerprint density at radius 2 is 1.59 bits per heavy atom. The average Bonchev–Trinajstić information content (AvgIpc) is 2.93. The van der Waals surface area contributed by atoms with Gasteiger partial charge in [-0.3, -0.25) is 14.6 Å². The number of rotatable bonds is 4. The average molecular weight is 561 g/mol. The number of Topliss-reactive ketones (excluding diaryl/α,β-unsaturated/α-hetero) is 1. The standard InChI is InChI=1S/C31H36Cl3NO2/c1-18(20-6-8-21(9-7-20)29(34)37)26-17-27(36)28(22-14-24(32)16-25(33)15-22)35-31(19(26)2)12-10-23(11-13-31)30(3,4)5/h6-9,14-16,18-19,23,26H,10-13,17H2,1-5H3. The van der Waals surface area contributed by atoms with Gasteiger partial charge in [0.05, 0.1) is 5.54 Å². The lowest BCUT2D eigenvalue weighted by Crippen LogP contribution is -2.44. The minimum atomic E-state index is -0.468. The molecular weight excluding hydrogens is 525 g/mol. The van der Waals surface area contributed by atoms with Crippen molar-refractivity contribution < 1.29 is 9.59 Å². The van der Waals surface area contributed by atoms with Crippen molar-refractivity contribution in [2.24, 2.45) is 28.2 Å². The van der Waals surface area contributed by atoms with E-state index in [2.05, 4.69) is 34.6 Å². The quantitative estimate of drug-likeness (QED) is 0.350. The number of carbonyl (C=O) groups is 2. The van der Waals surface area contributed by atoms with Gasteiger partial charge in [0.2, 0.25) is 0 Å². The third kappa shape index (κ3) is 6.00. The molecule has 1 heterocycles. The van der Waals surface area contributed by atoms with Crippen molar-refractivity contribution in [2.75, 3.05) is 0 Å². The van der Waals surface area contributed by atoms with E-state index < -0.39 is 5.24 Å². The van der Waals surface area contributed by atoms with Gasteiger partial charge < -0.3 is 0 Å². The maximum Gasteiger partial charge on any atom is 0.252 e. The van der Waals surface area contributed by atoms with Gasteiger partial charge in [0, 0.05) is 27.6 Å². The van der Waals surface area contributed by atoms with Crippen LogP contribution in [0.5, 0.6) is 0 Å². The van der Waals surface area contributed by atoms with Gasteiger partial charge in [0.1, 0.15) is 5.71 Å². The predicted octanol–water partition coefficient (Wildman–Crippen LogP) is 9.17. The third-order valence-corrected chi connectivity index (χ3v) is 9.68. The number of aliphatic imine (C=N–C) groups is 1. The molecule has 0 N–H and O–H groups in total. The van der Waals surface area contributed by atoms with Gasteiger partial charge in [-0.2, -0.15) is 0 Å². The lowest BCUT2D eigenvalue weighted by molar-refractivity contribution is -0.114. The van der Waals surface area contributed by atoms with Gasteiger partial charge in [-0.25, -0.2) is 0 Å². The molecule has 2 aliphatic rings. The Hall–Kier alpha value is -1.68. The van der Waals surface area contributed by atoms with E-state index >= 15 is 0 Å². The molecule has 1 fully saturated rings. The first kappa shape index (κ1) is 28.3.